The Bertz CT molecular complexity index is 513. The molecule has 0 saturated heterocycles. The van der Waals surface area contributed by atoms with E-state index in [4.69, 9.17) is 33.7 Å². The Morgan fingerprint density at radius 2 is 1.79 bits per heavy atom. The molecule has 0 aliphatic heterocycles. The standard InChI is InChI=1S/C11H10Cl2N2O4/c1-5(9(16)15-11(14)18)19-10(17)8-6(12)3-2-4-7(8)13/h2-5H,1H3,(H3,14,15,16,18). The first-order valence-electron chi connectivity index (χ1n) is 5.08. The number of urea groups is 1. The molecular formula is C11H10Cl2N2O4. The van der Waals surface area contributed by atoms with Gasteiger partial charge in [-0.15, -0.1) is 0 Å². The van der Waals surface area contributed by atoms with Crippen molar-refractivity contribution in [3.63, 3.8) is 0 Å². The van der Waals surface area contributed by atoms with E-state index in [2.05, 4.69) is 0 Å². The molecule has 8 heteroatoms. The van der Waals surface area contributed by atoms with E-state index >= 15 is 0 Å². The normalized spacial score (nSPS) is 11.5. The number of primary amides is 1. The molecule has 0 aliphatic carbocycles. The van der Waals surface area contributed by atoms with Gasteiger partial charge in [0.05, 0.1) is 15.6 Å². The number of nitrogens with one attached hydrogen (secondary N) is 1. The zero-order chi connectivity index (χ0) is 14.6. The molecule has 0 aromatic heterocycles. The molecule has 0 bridgehead atoms. The Balaban J connectivity index is 2.80. The zero-order valence-corrected chi connectivity index (χ0v) is 11.3. The molecule has 6 nitrogen and oxygen atoms in total. The molecule has 0 aliphatic rings. The molecule has 0 saturated carbocycles. The van der Waals surface area contributed by atoms with Gasteiger partial charge in [0.25, 0.3) is 5.91 Å². The van der Waals surface area contributed by atoms with Gasteiger partial charge in [0.15, 0.2) is 6.10 Å². The van der Waals surface area contributed by atoms with Crippen LogP contribution in [0.5, 0.6) is 0 Å². The SMILES string of the molecule is CC(OC(=O)c1c(Cl)cccc1Cl)C(=O)NC(N)=O. The molecule has 1 aromatic rings. The number of carbonyl (C=O) groups excluding carboxylic acids is 3. The molecule has 0 radical (unpaired) electrons. The maximum Gasteiger partial charge on any atom is 0.341 e. The van der Waals surface area contributed by atoms with E-state index in [1.54, 1.807) is 11.4 Å². The number of benzene rings is 1. The Morgan fingerprint density at radius 1 is 1.26 bits per heavy atom. The van der Waals surface area contributed by atoms with E-state index in [0.29, 0.717) is 0 Å². The van der Waals surface area contributed by atoms with Crippen molar-refractivity contribution >= 4 is 41.1 Å². The summed E-state index contributed by atoms with van der Waals surface area (Å²) in [5, 5.41) is 1.98. The lowest BCUT2D eigenvalue weighted by Gasteiger charge is -2.13. The monoisotopic (exact) mass is 304 g/mol. The molecule has 0 heterocycles. The number of amides is 3. The number of hydrogen-bond acceptors (Lipinski definition) is 4. The second-order valence-corrected chi connectivity index (χ2v) is 4.31. The van der Waals surface area contributed by atoms with Crippen LogP contribution in [0.15, 0.2) is 18.2 Å². The fraction of sp³-hybridized carbons (Fsp3) is 0.182. The topological polar surface area (TPSA) is 98.5 Å². The van der Waals surface area contributed by atoms with Crippen LogP contribution in [0.2, 0.25) is 10.0 Å². The highest BCUT2D eigenvalue weighted by Gasteiger charge is 2.23. The zero-order valence-electron chi connectivity index (χ0n) is 9.78. The van der Waals surface area contributed by atoms with Crippen LogP contribution in [0.1, 0.15) is 17.3 Å². The number of carbonyl (C=O) groups is 3. The van der Waals surface area contributed by atoms with E-state index in [0.717, 1.165) is 0 Å². The third-order valence-corrected chi connectivity index (χ3v) is 2.70. The predicted molar refractivity (Wildman–Crippen MR) is 69.1 cm³/mol. The van der Waals surface area contributed by atoms with E-state index in [9.17, 15) is 14.4 Å². The van der Waals surface area contributed by atoms with Gasteiger partial charge in [-0.05, 0) is 19.1 Å². The van der Waals surface area contributed by atoms with Crippen LogP contribution in [-0.4, -0.2) is 24.0 Å². The summed E-state index contributed by atoms with van der Waals surface area (Å²) in [7, 11) is 0. The summed E-state index contributed by atoms with van der Waals surface area (Å²) in [5.41, 5.74) is 4.72. The number of halogens is 2. The quantitative estimate of drug-likeness (QED) is 0.831. The first-order valence-corrected chi connectivity index (χ1v) is 5.83. The molecule has 1 aromatic carbocycles. The van der Waals surface area contributed by atoms with Crippen molar-refractivity contribution in [3.05, 3.63) is 33.8 Å². The van der Waals surface area contributed by atoms with Gasteiger partial charge in [-0.1, -0.05) is 29.3 Å². The lowest BCUT2D eigenvalue weighted by Crippen LogP contribution is -2.42. The summed E-state index contributed by atoms with van der Waals surface area (Å²) in [6.45, 7) is 1.28. The number of hydrogen-bond donors (Lipinski definition) is 2. The highest BCUT2D eigenvalue weighted by Crippen LogP contribution is 2.25. The molecule has 19 heavy (non-hydrogen) atoms. The largest absolute Gasteiger partial charge is 0.449 e. The van der Waals surface area contributed by atoms with Crippen molar-refractivity contribution in [2.24, 2.45) is 5.73 Å². The predicted octanol–water partition coefficient (Wildman–Crippen LogP) is 1.73. The van der Waals surface area contributed by atoms with Crippen LogP contribution in [-0.2, 0) is 9.53 Å². The molecule has 1 unspecified atom stereocenters. The minimum absolute atomic E-state index is 0.0513. The number of esters is 1. The Hall–Kier alpha value is -1.79. The van der Waals surface area contributed by atoms with Crippen LogP contribution in [0.4, 0.5) is 4.79 Å². The average molecular weight is 305 g/mol. The Kier molecular flexibility index (Phi) is 5.14. The second-order valence-electron chi connectivity index (χ2n) is 3.50. The fourth-order valence-electron chi connectivity index (χ4n) is 1.19. The van der Waals surface area contributed by atoms with Crippen molar-refractivity contribution in [1.82, 2.24) is 5.32 Å². The second kappa shape index (κ2) is 6.40. The highest BCUT2D eigenvalue weighted by atomic mass is 35.5. The highest BCUT2D eigenvalue weighted by molar-refractivity contribution is 6.39. The first-order chi connectivity index (χ1) is 8.82. The summed E-state index contributed by atoms with van der Waals surface area (Å²) < 4.78 is 4.83. The minimum Gasteiger partial charge on any atom is -0.449 e. The van der Waals surface area contributed by atoms with Crippen LogP contribution in [0.3, 0.4) is 0 Å². The van der Waals surface area contributed by atoms with Crippen molar-refractivity contribution in [2.45, 2.75) is 13.0 Å². The van der Waals surface area contributed by atoms with Gasteiger partial charge in [0.1, 0.15) is 0 Å². The third-order valence-electron chi connectivity index (χ3n) is 2.07. The molecule has 3 N–H and O–H groups in total. The maximum atomic E-state index is 11.8. The number of imide groups is 1. The number of rotatable bonds is 3. The third kappa shape index (κ3) is 4.11. The van der Waals surface area contributed by atoms with Gasteiger partial charge in [-0.2, -0.15) is 0 Å². The summed E-state index contributed by atoms with van der Waals surface area (Å²) in [6.07, 6.45) is -1.22. The van der Waals surface area contributed by atoms with Gasteiger partial charge in [0, 0.05) is 0 Å². The lowest BCUT2D eigenvalue weighted by atomic mass is 10.2. The van der Waals surface area contributed by atoms with Gasteiger partial charge in [-0.25, -0.2) is 9.59 Å². The summed E-state index contributed by atoms with van der Waals surface area (Å²) >= 11 is 11.6. The summed E-state index contributed by atoms with van der Waals surface area (Å²) in [6, 6.07) is 3.43. The van der Waals surface area contributed by atoms with Gasteiger partial charge in [-0.3, -0.25) is 10.1 Å². The molecular weight excluding hydrogens is 295 g/mol. The van der Waals surface area contributed by atoms with Crippen molar-refractivity contribution < 1.29 is 19.1 Å². The van der Waals surface area contributed by atoms with E-state index < -0.39 is 24.0 Å². The van der Waals surface area contributed by atoms with Crippen molar-refractivity contribution in [1.29, 1.82) is 0 Å². The molecule has 0 spiro atoms. The number of nitrogens with two attached hydrogens (primary N) is 1. The van der Waals surface area contributed by atoms with Crippen molar-refractivity contribution in [3.8, 4) is 0 Å². The maximum absolute atomic E-state index is 11.8. The van der Waals surface area contributed by atoms with E-state index in [1.165, 1.54) is 19.1 Å². The molecule has 1 rings (SSSR count). The van der Waals surface area contributed by atoms with Crippen LogP contribution < -0.4 is 11.1 Å². The minimum atomic E-state index is -1.22. The summed E-state index contributed by atoms with van der Waals surface area (Å²) in [5.74, 6) is -1.72. The molecule has 102 valence electrons. The van der Waals surface area contributed by atoms with Gasteiger partial charge >= 0.3 is 12.0 Å². The fourth-order valence-corrected chi connectivity index (χ4v) is 1.74. The van der Waals surface area contributed by atoms with E-state index in [1.807, 2.05) is 0 Å². The van der Waals surface area contributed by atoms with E-state index in [-0.39, 0.29) is 15.6 Å². The molecule has 1 atom stereocenters. The Labute approximate surface area is 118 Å². The van der Waals surface area contributed by atoms with Crippen LogP contribution >= 0.6 is 23.2 Å². The van der Waals surface area contributed by atoms with Crippen LogP contribution in [0.25, 0.3) is 0 Å². The van der Waals surface area contributed by atoms with Gasteiger partial charge in [0.2, 0.25) is 0 Å². The van der Waals surface area contributed by atoms with Crippen molar-refractivity contribution in [2.75, 3.05) is 0 Å². The Morgan fingerprint density at radius 3 is 2.26 bits per heavy atom. The number of ether oxygens (including phenoxy) is 1. The van der Waals surface area contributed by atoms with Crippen LogP contribution in [0, 0.1) is 0 Å². The molecule has 3 amide bonds. The first kappa shape index (κ1) is 15.3. The average Bonchev–Trinajstić information content (AvgIpc) is 2.27. The lowest BCUT2D eigenvalue weighted by molar-refractivity contribution is -0.127. The van der Waals surface area contributed by atoms with Gasteiger partial charge < -0.3 is 10.5 Å². The summed E-state index contributed by atoms with van der Waals surface area (Å²) in [4.78, 5) is 33.6. The smallest absolute Gasteiger partial charge is 0.341 e. The molecule has 0 fully saturated rings.